The van der Waals surface area contributed by atoms with Crippen LogP contribution in [0.2, 0.25) is 10.0 Å². The Kier molecular flexibility index (Phi) is 7.11. The van der Waals surface area contributed by atoms with Crippen molar-refractivity contribution in [1.29, 1.82) is 0 Å². The average molecular weight is 447 g/mol. The van der Waals surface area contributed by atoms with Crippen LogP contribution >= 0.6 is 23.2 Å². The van der Waals surface area contributed by atoms with Gasteiger partial charge in [-0.05, 0) is 36.4 Å². The molecule has 2 N–H and O–H groups in total. The van der Waals surface area contributed by atoms with E-state index in [1.807, 2.05) is 0 Å². The zero-order valence-corrected chi connectivity index (χ0v) is 16.9. The number of nitrogens with one attached hydrogen (secondary N) is 1. The quantitative estimate of drug-likeness (QED) is 0.669. The summed E-state index contributed by atoms with van der Waals surface area (Å²) in [5, 5.41) is 12.0. The molecule has 0 aliphatic rings. The van der Waals surface area contributed by atoms with Gasteiger partial charge in [0.15, 0.2) is 0 Å². The smallest absolute Gasteiger partial charge is 0.421 e. The second kappa shape index (κ2) is 9.13. The van der Waals surface area contributed by atoms with Crippen LogP contribution in [0.25, 0.3) is 0 Å². The van der Waals surface area contributed by atoms with Crippen LogP contribution < -0.4 is 10.1 Å². The predicted molar refractivity (Wildman–Crippen MR) is 105 cm³/mol. The van der Waals surface area contributed by atoms with Crippen LogP contribution in [0.5, 0.6) is 5.75 Å². The van der Waals surface area contributed by atoms with Crippen LogP contribution in [0.4, 0.5) is 10.5 Å². The Labute approximate surface area is 171 Å². The molecule has 0 heterocycles. The van der Waals surface area contributed by atoms with Crippen molar-refractivity contribution in [3.05, 3.63) is 52.5 Å². The lowest BCUT2D eigenvalue weighted by molar-refractivity contribution is -0.116. The number of rotatable bonds is 7. The lowest BCUT2D eigenvalue weighted by Gasteiger charge is -2.14. The number of halogens is 2. The molecule has 2 amide bonds. The van der Waals surface area contributed by atoms with Gasteiger partial charge < -0.3 is 15.2 Å². The van der Waals surface area contributed by atoms with E-state index in [9.17, 15) is 18.0 Å². The van der Waals surface area contributed by atoms with Crippen molar-refractivity contribution < 1.29 is 27.9 Å². The molecule has 0 saturated heterocycles. The Bertz CT molecular complexity index is 980. The first-order valence-electron chi connectivity index (χ1n) is 7.81. The van der Waals surface area contributed by atoms with Gasteiger partial charge in [-0.15, -0.1) is 0 Å². The van der Waals surface area contributed by atoms with E-state index >= 15 is 0 Å². The first-order valence-corrected chi connectivity index (χ1v) is 10.0. The molecule has 0 aromatic heterocycles. The van der Waals surface area contributed by atoms with E-state index in [0.717, 1.165) is 7.05 Å². The third kappa shape index (κ3) is 5.28. The molecule has 0 aliphatic heterocycles. The van der Waals surface area contributed by atoms with Gasteiger partial charge in [0.1, 0.15) is 10.8 Å². The summed E-state index contributed by atoms with van der Waals surface area (Å²) >= 11 is 11.9. The van der Waals surface area contributed by atoms with Gasteiger partial charge in [0.25, 0.3) is 10.0 Å². The number of hydrogen-bond acceptors (Lipinski definition) is 5. The monoisotopic (exact) mass is 446 g/mol. The summed E-state index contributed by atoms with van der Waals surface area (Å²) in [6.07, 6.45) is -1.58. The molecule has 2 rings (SSSR count). The number of benzene rings is 2. The van der Waals surface area contributed by atoms with Gasteiger partial charge in [-0.2, -0.15) is 0 Å². The standard InChI is InChI=1S/C17H16Cl2N2O6S/c1-21(17(23)24)28(25,26)12-7-5-11(6-8-12)20-15(22)9-10-27-14-4-2-3-13(18)16(14)19/h2-8H,9-10H2,1H3,(H,20,22)(H,23,24). The summed E-state index contributed by atoms with van der Waals surface area (Å²) in [5.74, 6) is -0.00418. The summed E-state index contributed by atoms with van der Waals surface area (Å²) in [7, 11) is -3.23. The summed E-state index contributed by atoms with van der Waals surface area (Å²) in [6.45, 7) is 0.0573. The van der Waals surface area contributed by atoms with Crippen molar-refractivity contribution in [1.82, 2.24) is 4.31 Å². The fourth-order valence-corrected chi connectivity index (χ4v) is 3.39. The van der Waals surface area contributed by atoms with Crippen molar-refractivity contribution in [3.8, 4) is 5.75 Å². The molecule has 0 spiro atoms. The van der Waals surface area contributed by atoms with Crippen LogP contribution in [0.1, 0.15) is 6.42 Å². The van der Waals surface area contributed by atoms with Crippen molar-refractivity contribution >= 4 is 50.9 Å². The van der Waals surface area contributed by atoms with Gasteiger partial charge in [0, 0.05) is 12.7 Å². The molecular weight excluding hydrogens is 431 g/mol. The fourth-order valence-electron chi connectivity index (χ4n) is 2.04. The molecule has 0 fully saturated rings. The van der Waals surface area contributed by atoms with Crippen LogP contribution in [-0.2, 0) is 14.8 Å². The highest BCUT2D eigenvalue weighted by molar-refractivity contribution is 7.89. The number of sulfonamides is 1. The molecule has 150 valence electrons. The number of amides is 2. The second-order valence-electron chi connectivity index (χ2n) is 5.48. The van der Waals surface area contributed by atoms with E-state index in [0.29, 0.717) is 16.5 Å². The molecule has 0 bridgehead atoms. The Morgan fingerprint density at radius 2 is 1.79 bits per heavy atom. The first kappa shape index (κ1) is 21.8. The zero-order chi connectivity index (χ0) is 20.9. The lowest BCUT2D eigenvalue weighted by atomic mass is 10.3. The van der Waals surface area contributed by atoms with Gasteiger partial charge >= 0.3 is 6.09 Å². The number of carbonyl (C=O) groups excluding carboxylic acids is 1. The molecule has 2 aromatic rings. The SMILES string of the molecule is CN(C(=O)O)S(=O)(=O)c1ccc(NC(=O)CCOc2cccc(Cl)c2Cl)cc1. The normalized spacial score (nSPS) is 11.0. The molecule has 0 atom stereocenters. The molecule has 28 heavy (non-hydrogen) atoms. The highest BCUT2D eigenvalue weighted by atomic mass is 35.5. The topological polar surface area (TPSA) is 113 Å². The largest absolute Gasteiger partial charge is 0.491 e. The van der Waals surface area contributed by atoms with Crippen molar-refractivity contribution in [2.45, 2.75) is 11.3 Å². The van der Waals surface area contributed by atoms with Gasteiger partial charge in [-0.3, -0.25) is 4.79 Å². The number of hydrogen-bond donors (Lipinski definition) is 2. The molecule has 0 radical (unpaired) electrons. The molecule has 0 unspecified atom stereocenters. The maximum absolute atomic E-state index is 12.1. The van der Waals surface area contributed by atoms with Gasteiger partial charge in [0.05, 0.1) is 22.9 Å². The molecule has 0 aliphatic carbocycles. The summed E-state index contributed by atoms with van der Waals surface area (Å²) < 4.78 is 29.7. The summed E-state index contributed by atoms with van der Waals surface area (Å²) in [6, 6.07) is 10.0. The molecular formula is C17H16Cl2N2O6S. The van der Waals surface area contributed by atoms with Crippen LogP contribution in [0, 0.1) is 0 Å². The second-order valence-corrected chi connectivity index (χ2v) is 8.23. The number of ether oxygens (including phenoxy) is 1. The molecule has 0 saturated carbocycles. The Morgan fingerprint density at radius 3 is 2.39 bits per heavy atom. The van der Waals surface area contributed by atoms with E-state index in [1.54, 1.807) is 18.2 Å². The summed E-state index contributed by atoms with van der Waals surface area (Å²) in [5.41, 5.74) is 0.350. The maximum Gasteiger partial charge on any atom is 0.421 e. The van der Waals surface area contributed by atoms with E-state index < -0.39 is 16.1 Å². The van der Waals surface area contributed by atoms with Crippen LogP contribution in [0.3, 0.4) is 0 Å². The van der Waals surface area contributed by atoms with Crippen LogP contribution in [0.15, 0.2) is 47.4 Å². The predicted octanol–water partition coefficient (Wildman–Crippen LogP) is 3.70. The van der Waals surface area contributed by atoms with E-state index in [-0.39, 0.29) is 33.2 Å². The van der Waals surface area contributed by atoms with E-state index in [2.05, 4.69) is 5.32 Å². The van der Waals surface area contributed by atoms with Gasteiger partial charge in [-0.1, -0.05) is 29.3 Å². The van der Waals surface area contributed by atoms with E-state index in [1.165, 1.54) is 24.3 Å². The van der Waals surface area contributed by atoms with E-state index in [4.69, 9.17) is 33.0 Å². The van der Waals surface area contributed by atoms with Gasteiger partial charge in [0.2, 0.25) is 5.91 Å². The number of anilines is 1. The van der Waals surface area contributed by atoms with Crippen molar-refractivity contribution in [2.24, 2.45) is 0 Å². The van der Waals surface area contributed by atoms with Crippen molar-refractivity contribution in [3.63, 3.8) is 0 Å². The fraction of sp³-hybridized carbons (Fsp3) is 0.176. The Balaban J connectivity index is 1.92. The first-order chi connectivity index (χ1) is 13.1. The number of nitrogens with zero attached hydrogens (tertiary/aromatic N) is 1. The molecule has 11 heteroatoms. The summed E-state index contributed by atoms with van der Waals surface area (Å²) in [4.78, 5) is 22.6. The van der Waals surface area contributed by atoms with Crippen LogP contribution in [-0.4, -0.2) is 43.5 Å². The molecule has 8 nitrogen and oxygen atoms in total. The van der Waals surface area contributed by atoms with Crippen molar-refractivity contribution in [2.75, 3.05) is 19.0 Å². The van der Waals surface area contributed by atoms with Gasteiger partial charge in [-0.25, -0.2) is 17.5 Å². The number of carboxylic acid groups (broad SMARTS) is 1. The minimum Gasteiger partial charge on any atom is -0.491 e. The minimum absolute atomic E-state index is 0.0185. The highest BCUT2D eigenvalue weighted by Gasteiger charge is 2.24. The average Bonchev–Trinajstić information content (AvgIpc) is 2.65. The maximum atomic E-state index is 12.1. The zero-order valence-electron chi connectivity index (χ0n) is 14.6. The number of carbonyl (C=O) groups is 2. The minimum atomic E-state index is -4.16. The third-order valence-corrected chi connectivity index (χ3v) is 6.12. The third-order valence-electron chi connectivity index (χ3n) is 3.57. The molecule has 2 aromatic carbocycles. The highest BCUT2D eigenvalue weighted by Crippen LogP contribution is 2.31. The lowest BCUT2D eigenvalue weighted by Crippen LogP contribution is -2.31. The Morgan fingerprint density at radius 1 is 1.14 bits per heavy atom. The Hall–Kier alpha value is -2.49.